The lowest BCUT2D eigenvalue weighted by Gasteiger charge is -2.36. The number of nitrogens with zero attached hydrogens (tertiary/aromatic N) is 5. The first-order valence-electron chi connectivity index (χ1n) is 6.84. The summed E-state index contributed by atoms with van der Waals surface area (Å²) in [5.74, 6) is -0.192. The van der Waals surface area contributed by atoms with E-state index in [1.165, 1.54) is 12.3 Å². The fraction of sp³-hybridized carbons (Fsp3) is 0.267. The van der Waals surface area contributed by atoms with Crippen LogP contribution < -0.4 is 9.80 Å². The Balaban J connectivity index is 1.69. The van der Waals surface area contributed by atoms with Gasteiger partial charge in [0.15, 0.2) is 5.69 Å². The Morgan fingerprint density at radius 2 is 1.73 bits per heavy atom. The van der Waals surface area contributed by atoms with Crippen molar-refractivity contribution in [1.29, 1.82) is 5.26 Å². The maximum atomic E-state index is 13.8. The minimum absolute atomic E-state index is 0.268. The van der Waals surface area contributed by atoms with E-state index in [0.717, 1.165) is 12.1 Å². The molecule has 0 aliphatic carbocycles. The lowest BCUT2D eigenvalue weighted by atomic mass is 10.2. The number of aromatic nitrogens is 2. The van der Waals surface area contributed by atoms with Gasteiger partial charge in [-0.2, -0.15) is 5.26 Å². The van der Waals surface area contributed by atoms with Crippen molar-refractivity contribution in [3.05, 3.63) is 47.9 Å². The van der Waals surface area contributed by atoms with E-state index in [2.05, 4.69) is 9.97 Å². The van der Waals surface area contributed by atoms with E-state index in [1.807, 2.05) is 15.9 Å². The van der Waals surface area contributed by atoms with Crippen molar-refractivity contribution in [2.75, 3.05) is 36.0 Å². The molecule has 1 aromatic carbocycles. The lowest BCUT2D eigenvalue weighted by molar-refractivity contribution is 0.579. The van der Waals surface area contributed by atoms with Gasteiger partial charge in [0.1, 0.15) is 23.5 Å². The second-order valence-electron chi connectivity index (χ2n) is 4.94. The molecule has 1 aromatic heterocycles. The SMILES string of the molecule is N#Cc1cnc(N2CCN(c3cc(F)ccc3F)CC2)cn1. The van der Waals surface area contributed by atoms with Gasteiger partial charge in [0.25, 0.3) is 0 Å². The molecule has 0 atom stereocenters. The first-order chi connectivity index (χ1) is 10.7. The van der Waals surface area contributed by atoms with E-state index >= 15 is 0 Å². The summed E-state index contributed by atoms with van der Waals surface area (Å²) in [6.07, 6.45) is 2.98. The van der Waals surface area contributed by atoms with Gasteiger partial charge < -0.3 is 9.80 Å². The summed E-state index contributed by atoms with van der Waals surface area (Å²) >= 11 is 0. The van der Waals surface area contributed by atoms with E-state index in [-0.39, 0.29) is 11.4 Å². The number of rotatable bonds is 2. The highest BCUT2D eigenvalue weighted by atomic mass is 19.1. The Labute approximate surface area is 126 Å². The highest BCUT2D eigenvalue weighted by Crippen LogP contribution is 2.23. The summed E-state index contributed by atoms with van der Waals surface area (Å²) in [4.78, 5) is 12.0. The van der Waals surface area contributed by atoms with Gasteiger partial charge in [0.05, 0.1) is 18.1 Å². The van der Waals surface area contributed by atoms with Crippen LogP contribution in [-0.4, -0.2) is 36.1 Å². The number of halogens is 2. The van der Waals surface area contributed by atoms with Gasteiger partial charge in [-0.25, -0.2) is 18.7 Å². The van der Waals surface area contributed by atoms with Gasteiger partial charge in [-0.3, -0.25) is 0 Å². The van der Waals surface area contributed by atoms with Crippen LogP contribution in [0.25, 0.3) is 0 Å². The fourth-order valence-corrected chi connectivity index (χ4v) is 2.45. The summed E-state index contributed by atoms with van der Waals surface area (Å²) in [6.45, 7) is 2.36. The van der Waals surface area contributed by atoms with Crippen molar-refractivity contribution in [2.24, 2.45) is 0 Å². The van der Waals surface area contributed by atoms with Crippen LogP contribution in [0.5, 0.6) is 0 Å². The van der Waals surface area contributed by atoms with E-state index in [0.29, 0.717) is 32.0 Å². The molecule has 0 radical (unpaired) electrons. The quantitative estimate of drug-likeness (QED) is 0.848. The number of hydrogen-bond acceptors (Lipinski definition) is 5. The molecule has 2 heterocycles. The third-order valence-electron chi connectivity index (χ3n) is 3.61. The number of benzene rings is 1. The predicted octanol–water partition coefficient (Wildman–Crippen LogP) is 1.95. The van der Waals surface area contributed by atoms with Gasteiger partial charge in [0.2, 0.25) is 0 Å². The number of anilines is 2. The largest absolute Gasteiger partial charge is 0.366 e. The Bertz CT molecular complexity index is 703. The number of nitriles is 1. The van der Waals surface area contributed by atoms with Crippen LogP contribution in [0, 0.1) is 23.0 Å². The van der Waals surface area contributed by atoms with Crippen molar-refractivity contribution >= 4 is 11.5 Å². The van der Waals surface area contributed by atoms with Crippen molar-refractivity contribution in [3.8, 4) is 6.07 Å². The molecule has 0 N–H and O–H groups in total. The van der Waals surface area contributed by atoms with E-state index < -0.39 is 11.6 Å². The zero-order chi connectivity index (χ0) is 15.5. The summed E-state index contributed by atoms with van der Waals surface area (Å²) in [7, 11) is 0. The predicted molar refractivity (Wildman–Crippen MR) is 77.5 cm³/mol. The summed E-state index contributed by atoms with van der Waals surface area (Å²) in [5, 5.41) is 8.71. The second-order valence-corrected chi connectivity index (χ2v) is 4.94. The first-order valence-corrected chi connectivity index (χ1v) is 6.84. The Hall–Kier alpha value is -2.75. The minimum atomic E-state index is -0.447. The second kappa shape index (κ2) is 5.93. The third-order valence-corrected chi connectivity index (χ3v) is 3.61. The molecule has 0 bridgehead atoms. The molecule has 2 aromatic rings. The van der Waals surface area contributed by atoms with Gasteiger partial charge in [-0.05, 0) is 12.1 Å². The maximum absolute atomic E-state index is 13.8. The molecule has 112 valence electrons. The Morgan fingerprint density at radius 3 is 2.36 bits per heavy atom. The molecule has 1 aliphatic rings. The molecule has 1 saturated heterocycles. The monoisotopic (exact) mass is 301 g/mol. The molecule has 0 spiro atoms. The first kappa shape index (κ1) is 14.2. The molecule has 22 heavy (non-hydrogen) atoms. The topological polar surface area (TPSA) is 56.1 Å². The van der Waals surface area contributed by atoms with E-state index in [1.54, 1.807) is 6.20 Å². The normalized spacial score (nSPS) is 14.8. The van der Waals surface area contributed by atoms with Crippen LogP contribution >= 0.6 is 0 Å². The van der Waals surface area contributed by atoms with Gasteiger partial charge in [-0.15, -0.1) is 0 Å². The summed E-state index contributed by atoms with van der Waals surface area (Å²) in [6, 6.07) is 5.39. The number of hydrogen-bond donors (Lipinski definition) is 0. The fourth-order valence-electron chi connectivity index (χ4n) is 2.45. The Kier molecular flexibility index (Phi) is 3.83. The van der Waals surface area contributed by atoms with Crippen molar-refractivity contribution < 1.29 is 8.78 Å². The minimum Gasteiger partial charge on any atom is -0.366 e. The van der Waals surface area contributed by atoms with Crippen molar-refractivity contribution in [2.45, 2.75) is 0 Å². The van der Waals surface area contributed by atoms with Crippen LogP contribution in [-0.2, 0) is 0 Å². The molecule has 1 fully saturated rings. The van der Waals surface area contributed by atoms with Gasteiger partial charge in [0, 0.05) is 32.2 Å². The molecule has 0 saturated carbocycles. The van der Waals surface area contributed by atoms with Gasteiger partial charge in [-0.1, -0.05) is 0 Å². The summed E-state index contributed by atoms with van der Waals surface area (Å²) in [5.41, 5.74) is 0.551. The van der Waals surface area contributed by atoms with Crippen LogP contribution in [0.15, 0.2) is 30.6 Å². The lowest BCUT2D eigenvalue weighted by Crippen LogP contribution is -2.47. The smallest absolute Gasteiger partial charge is 0.158 e. The van der Waals surface area contributed by atoms with Crippen LogP contribution in [0.2, 0.25) is 0 Å². The van der Waals surface area contributed by atoms with E-state index in [9.17, 15) is 8.78 Å². The third kappa shape index (κ3) is 2.81. The highest BCUT2D eigenvalue weighted by molar-refractivity contribution is 5.50. The van der Waals surface area contributed by atoms with Crippen LogP contribution in [0.4, 0.5) is 20.3 Å². The van der Waals surface area contributed by atoms with Gasteiger partial charge >= 0.3 is 0 Å². The van der Waals surface area contributed by atoms with E-state index in [4.69, 9.17) is 5.26 Å². The highest BCUT2D eigenvalue weighted by Gasteiger charge is 2.21. The molecule has 7 heteroatoms. The Morgan fingerprint density at radius 1 is 1.00 bits per heavy atom. The molecule has 0 unspecified atom stereocenters. The zero-order valence-corrected chi connectivity index (χ0v) is 11.7. The maximum Gasteiger partial charge on any atom is 0.158 e. The van der Waals surface area contributed by atoms with Crippen molar-refractivity contribution in [3.63, 3.8) is 0 Å². The molecule has 3 rings (SSSR count). The average molecular weight is 301 g/mol. The average Bonchev–Trinajstić information content (AvgIpc) is 2.57. The molecular formula is C15H13F2N5. The van der Waals surface area contributed by atoms with Crippen molar-refractivity contribution in [1.82, 2.24) is 9.97 Å². The molecule has 1 aliphatic heterocycles. The molecular weight excluding hydrogens is 288 g/mol. The molecule has 5 nitrogen and oxygen atoms in total. The summed E-state index contributed by atoms with van der Waals surface area (Å²) < 4.78 is 27.0. The van der Waals surface area contributed by atoms with Crippen LogP contribution in [0.3, 0.4) is 0 Å². The molecule has 0 amide bonds. The zero-order valence-electron chi connectivity index (χ0n) is 11.7. The number of piperazine rings is 1. The van der Waals surface area contributed by atoms with Crippen LogP contribution in [0.1, 0.15) is 5.69 Å². The standard InChI is InChI=1S/C15H13F2N5/c16-11-1-2-13(17)14(7-11)21-3-5-22(6-4-21)15-10-19-12(8-18)9-20-15/h1-2,7,9-10H,3-6H2.